The Hall–Kier alpha value is 0.1000. The van der Waals surface area contributed by atoms with Gasteiger partial charge in [-0.05, 0) is 53.7 Å². The Bertz CT molecular complexity index is 325. The lowest BCUT2D eigenvalue weighted by Gasteiger charge is -2.11. The molecule has 0 amide bonds. The van der Waals surface area contributed by atoms with Crippen molar-refractivity contribution in [2.24, 2.45) is 5.92 Å². The Morgan fingerprint density at radius 2 is 2.38 bits per heavy atom. The van der Waals surface area contributed by atoms with Crippen molar-refractivity contribution in [3.63, 3.8) is 0 Å². The van der Waals surface area contributed by atoms with Gasteiger partial charge < -0.3 is 10.1 Å². The highest BCUT2D eigenvalue weighted by atomic mass is 79.9. The highest BCUT2D eigenvalue weighted by Crippen LogP contribution is 2.29. The molecule has 1 unspecified atom stereocenters. The normalized spacial score (nSPS) is 17.6. The van der Waals surface area contributed by atoms with Crippen molar-refractivity contribution < 1.29 is 4.74 Å². The molecule has 1 heterocycles. The van der Waals surface area contributed by atoms with E-state index in [1.165, 1.54) is 21.5 Å². The lowest BCUT2D eigenvalue weighted by molar-refractivity contribution is 0.124. The predicted molar refractivity (Wildman–Crippen MR) is 72.0 cm³/mol. The number of hydrogen-bond acceptors (Lipinski definition) is 3. The Labute approximate surface area is 110 Å². The van der Waals surface area contributed by atoms with Gasteiger partial charge in [0, 0.05) is 24.1 Å². The Kier molecular flexibility index (Phi) is 4.82. The zero-order chi connectivity index (χ0) is 11.4. The molecule has 90 valence electrons. The minimum atomic E-state index is 0.417. The molecule has 1 aromatic rings. The molecule has 0 saturated heterocycles. The first-order valence-electron chi connectivity index (χ1n) is 5.82. The van der Waals surface area contributed by atoms with Crippen LogP contribution < -0.4 is 5.32 Å². The fraction of sp³-hybridized carbons (Fsp3) is 0.667. The third kappa shape index (κ3) is 4.17. The molecule has 1 aliphatic carbocycles. The highest BCUT2D eigenvalue weighted by Gasteiger charge is 2.20. The minimum Gasteiger partial charge on any atom is -0.380 e. The maximum absolute atomic E-state index is 5.58. The second kappa shape index (κ2) is 6.15. The molecule has 1 aliphatic rings. The van der Waals surface area contributed by atoms with E-state index in [1.807, 2.05) is 0 Å². The molecule has 1 atom stereocenters. The Balaban J connectivity index is 1.57. The number of nitrogens with one attached hydrogen (secondary N) is 1. The summed E-state index contributed by atoms with van der Waals surface area (Å²) in [5.74, 6) is 0.866. The largest absolute Gasteiger partial charge is 0.380 e. The van der Waals surface area contributed by atoms with Gasteiger partial charge in [0.1, 0.15) is 0 Å². The van der Waals surface area contributed by atoms with Crippen molar-refractivity contribution in [3.8, 4) is 0 Å². The molecule has 16 heavy (non-hydrogen) atoms. The van der Waals surface area contributed by atoms with Gasteiger partial charge in [0.05, 0.1) is 10.4 Å². The summed E-state index contributed by atoms with van der Waals surface area (Å²) in [5, 5.41) is 3.47. The van der Waals surface area contributed by atoms with Crippen LogP contribution in [-0.4, -0.2) is 19.8 Å². The smallest absolute Gasteiger partial charge is 0.0701 e. The van der Waals surface area contributed by atoms with Crippen LogP contribution in [-0.2, 0) is 4.74 Å². The van der Waals surface area contributed by atoms with E-state index in [0.717, 1.165) is 25.7 Å². The van der Waals surface area contributed by atoms with Gasteiger partial charge in [-0.25, -0.2) is 0 Å². The van der Waals surface area contributed by atoms with E-state index in [0.29, 0.717) is 6.04 Å². The third-order valence-electron chi connectivity index (χ3n) is 2.77. The van der Waals surface area contributed by atoms with E-state index < -0.39 is 0 Å². The molecule has 1 saturated carbocycles. The summed E-state index contributed by atoms with van der Waals surface area (Å²) in [7, 11) is 0. The first kappa shape index (κ1) is 12.6. The van der Waals surface area contributed by atoms with Crippen LogP contribution in [0.3, 0.4) is 0 Å². The predicted octanol–water partition coefficient (Wildman–Crippen LogP) is 3.59. The SMILES string of the molecule is CC(NCCOCC1CC1)c1ccc(Br)s1. The molecular formula is C12H18BrNOS. The van der Waals surface area contributed by atoms with E-state index in [1.54, 1.807) is 11.3 Å². The fourth-order valence-electron chi connectivity index (χ4n) is 1.54. The Morgan fingerprint density at radius 3 is 3.00 bits per heavy atom. The molecule has 4 heteroatoms. The number of rotatable bonds is 7. The molecule has 0 aliphatic heterocycles. The summed E-state index contributed by atoms with van der Waals surface area (Å²) in [4.78, 5) is 1.37. The molecular weight excluding hydrogens is 286 g/mol. The first-order valence-corrected chi connectivity index (χ1v) is 7.43. The van der Waals surface area contributed by atoms with Crippen LogP contribution in [0.5, 0.6) is 0 Å². The number of halogens is 1. The van der Waals surface area contributed by atoms with Crippen LogP contribution in [0, 0.1) is 5.92 Å². The van der Waals surface area contributed by atoms with Crippen LogP contribution >= 0.6 is 27.3 Å². The molecule has 2 rings (SSSR count). The molecule has 1 fully saturated rings. The van der Waals surface area contributed by atoms with E-state index in [9.17, 15) is 0 Å². The minimum absolute atomic E-state index is 0.417. The second-order valence-corrected chi connectivity index (χ2v) is 6.83. The standard InChI is InChI=1S/C12H18BrNOS/c1-9(11-4-5-12(13)16-11)14-6-7-15-8-10-2-3-10/h4-5,9-10,14H,2-3,6-8H2,1H3. The van der Waals surface area contributed by atoms with Crippen molar-refractivity contribution in [3.05, 3.63) is 20.8 Å². The fourth-order valence-corrected chi connectivity index (χ4v) is 2.99. The third-order valence-corrected chi connectivity index (χ3v) is 4.57. The molecule has 0 bridgehead atoms. The van der Waals surface area contributed by atoms with Crippen molar-refractivity contribution in [2.75, 3.05) is 19.8 Å². The number of thiophene rings is 1. The molecule has 0 spiro atoms. The van der Waals surface area contributed by atoms with Crippen LogP contribution in [0.25, 0.3) is 0 Å². The average Bonchev–Trinajstić information content (AvgIpc) is 2.99. The summed E-state index contributed by atoms with van der Waals surface area (Å²) in [6, 6.07) is 4.68. The zero-order valence-corrected chi connectivity index (χ0v) is 11.9. The molecule has 2 nitrogen and oxygen atoms in total. The van der Waals surface area contributed by atoms with Crippen LogP contribution in [0.1, 0.15) is 30.7 Å². The van der Waals surface area contributed by atoms with Crippen LogP contribution in [0.2, 0.25) is 0 Å². The van der Waals surface area contributed by atoms with E-state index in [-0.39, 0.29) is 0 Å². The lowest BCUT2D eigenvalue weighted by Crippen LogP contribution is -2.23. The molecule has 1 aromatic heterocycles. The van der Waals surface area contributed by atoms with Gasteiger partial charge in [0.15, 0.2) is 0 Å². The highest BCUT2D eigenvalue weighted by molar-refractivity contribution is 9.11. The lowest BCUT2D eigenvalue weighted by atomic mass is 10.3. The number of hydrogen-bond donors (Lipinski definition) is 1. The van der Waals surface area contributed by atoms with Crippen LogP contribution in [0.4, 0.5) is 0 Å². The van der Waals surface area contributed by atoms with Gasteiger partial charge in [0.25, 0.3) is 0 Å². The van der Waals surface area contributed by atoms with Gasteiger partial charge in [-0.1, -0.05) is 0 Å². The molecule has 1 N–H and O–H groups in total. The average molecular weight is 304 g/mol. The Morgan fingerprint density at radius 1 is 1.56 bits per heavy atom. The van der Waals surface area contributed by atoms with E-state index in [2.05, 4.69) is 40.3 Å². The quantitative estimate of drug-likeness (QED) is 0.777. The van der Waals surface area contributed by atoms with Gasteiger partial charge in [-0.15, -0.1) is 11.3 Å². The van der Waals surface area contributed by atoms with Crippen molar-refractivity contribution >= 4 is 27.3 Å². The van der Waals surface area contributed by atoms with Gasteiger partial charge in [0.2, 0.25) is 0 Å². The maximum atomic E-state index is 5.58. The summed E-state index contributed by atoms with van der Waals surface area (Å²) < 4.78 is 6.78. The van der Waals surface area contributed by atoms with Crippen molar-refractivity contribution in [1.82, 2.24) is 5.32 Å². The summed E-state index contributed by atoms with van der Waals surface area (Å²) in [5.41, 5.74) is 0. The van der Waals surface area contributed by atoms with Gasteiger partial charge >= 0.3 is 0 Å². The zero-order valence-electron chi connectivity index (χ0n) is 9.54. The van der Waals surface area contributed by atoms with E-state index in [4.69, 9.17) is 4.74 Å². The summed E-state index contributed by atoms with van der Waals surface area (Å²) in [6.45, 7) is 4.91. The number of ether oxygens (including phenoxy) is 1. The first-order chi connectivity index (χ1) is 7.75. The molecule has 0 aromatic carbocycles. The second-order valence-electron chi connectivity index (χ2n) is 4.34. The monoisotopic (exact) mass is 303 g/mol. The van der Waals surface area contributed by atoms with E-state index >= 15 is 0 Å². The van der Waals surface area contributed by atoms with Crippen molar-refractivity contribution in [1.29, 1.82) is 0 Å². The van der Waals surface area contributed by atoms with Gasteiger partial charge in [-0.2, -0.15) is 0 Å². The van der Waals surface area contributed by atoms with Crippen molar-refractivity contribution in [2.45, 2.75) is 25.8 Å². The summed E-state index contributed by atoms with van der Waals surface area (Å²) >= 11 is 5.27. The summed E-state index contributed by atoms with van der Waals surface area (Å²) in [6.07, 6.45) is 2.74. The molecule has 0 radical (unpaired) electrons. The van der Waals surface area contributed by atoms with Gasteiger partial charge in [-0.3, -0.25) is 0 Å². The topological polar surface area (TPSA) is 21.3 Å². The van der Waals surface area contributed by atoms with Crippen LogP contribution in [0.15, 0.2) is 15.9 Å². The maximum Gasteiger partial charge on any atom is 0.0701 e.